The molecule has 17 heavy (non-hydrogen) atoms. The Balaban J connectivity index is 2.68. The maximum atomic E-state index is 13.5. The summed E-state index contributed by atoms with van der Waals surface area (Å²) in [5, 5.41) is 13.5. The van der Waals surface area contributed by atoms with Gasteiger partial charge in [0, 0.05) is 18.7 Å². The molecule has 0 atom stereocenters. The molecule has 0 spiro atoms. The average Bonchev–Trinajstić information content (AvgIpc) is 2.51. The van der Waals surface area contributed by atoms with Crippen molar-refractivity contribution in [1.82, 2.24) is 9.78 Å². The Labute approximate surface area is 95.1 Å². The molecule has 90 valence electrons. The summed E-state index contributed by atoms with van der Waals surface area (Å²) >= 11 is 0. The van der Waals surface area contributed by atoms with Gasteiger partial charge in [-0.15, -0.1) is 0 Å². The van der Waals surface area contributed by atoms with Crippen LogP contribution >= 0.6 is 0 Å². The predicted octanol–water partition coefficient (Wildman–Crippen LogP) is 2.52. The van der Waals surface area contributed by atoms with Crippen LogP contribution in [0.5, 0.6) is 5.75 Å². The van der Waals surface area contributed by atoms with Gasteiger partial charge in [-0.1, -0.05) is 0 Å². The van der Waals surface area contributed by atoms with Crippen LogP contribution in [0, 0.1) is 24.4 Å². The lowest BCUT2D eigenvalue weighted by atomic mass is 10.1. The first kappa shape index (κ1) is 11.5. The fraction of sp³-hybridized carbons (Fsp3) is 0.182. The Bertz CT molecular complexity index is 593. The number of hydrogen-bond acceptors (Lipinski definition) is 2. The van der Waals surface area contributed by atoms with E-state index in [0.29, 0.717) is 17.8 Å². The van der Waals surface area contributed by atoms with E-state index in [9.17, 15) is 18.3 Å². The van der Waals surface area contributed by atoms with Crippen LogP contribution in [-0.2, 0) is 7.05 Å². The molecule has 1 aromatic heterocycles. The molecule has 1 heterocycles. The molecule has 0 aliphatic rings. The van der Waals surface area contributed by atoms with E-state index in [2.05, 4.69) is 5.10 Å². The number of aromatic nitrogens is 2. The second-order valence-corrected chi connectivity index (χ2v) is 3.65. The van der Waals surface area contributed by atoms with E-state index in [1.54, 1.807) is 14.0 Å². The van der Waals surface area contributed by atoms with E-state index in [0.717, 1.165) is 0 Å². The topological polar surface area (TPSA) is 38.1 Å². The average molecular weight is 242 g/mol. The van der Waals surface area contributed by atoms with Crippen LogP contribution in [0.4, 0.5) is 13.2 Å². The van der Waals surface area contributed by atoms with E-state index in [1.807, 2.05) is 0 Å². The van der Waals surface area contributed by atoms with E-state index in [4.69, 9.17) is 0 Å². The van der Waals surface area contributed by atoms with Crippen molar-refractivity contribution in [3.8, 4) is 17.0 Å². The molecule has 0 saturated heterocycles. The lowest BCUT2D eigenvalue weighted by Gasteiger charge is -2.01. The molecule has 0 unspecified atom stereocenters. The molecule has 0 radical (unpaired) electrons. The Morgan fingerprint density at radius 2 is 1.71 bits per heavy atom. The summed E-state index contributed by atoms with van der Waals surface area (Å²) < 4.78 is 40.6. The molecule has 3 nitrogen and oxygen atoms in total. The van der Waals surface area contributed by atoms with Gasteiger partial charge < -0.3 is 5.11 Å². The van der Waals surface area contributed by atoms with Crippen LogP contribution in [0.3, 0.4) is 0 Å². The van der Waals surface area contributed by atoms with Crippen molar-refractivity contribution < 1.29 is 18.3 Å². The molecule has 0 aliphatic heterocycles. The van der Waals surface area contributed by atoms with Crippen LogP contribution < -0.4 is 0 Å². The molecule has 0 bridgehead atoms. The zero-order chi connectivity index (χ0) is 12.7. The Kier molecular flexibility index (Phi) is 2.57. The molecule has 1 N–H and O–H groups in total. The van der Waals surface area contributed by atoms with Crippen LogP contribution in [0.2, 0.25) is 0 Å². The van der Waals surface area contributed by atoms with Gasteiger partial charge in [-0.05, 0) is 13.0 Å². The highest BCUT2D eigenvalue weighted by Gasteiger charge is 2.19. The van der Waals surface area contributed by atoms with E-state index in [1.165, 1.54) is 4.68 Å². The van der Waals surface area contributed by atoms with E-state index < -0.39 is 17.5 Å². The Morgan fingerprint density at radius 1 is 1.12 bits per heavy atom. The largest absolute Gasteiger partial charge is 0.504 e. The molecule has 0 saturated carbocycles. The van der Waals surface area contributed by atoms with Gasteiger partial charge >= 0.3 is 0 Å². The first-order chi connectivity index (χ1) is 7.91. The first-order valence-corrected chi connectivity index (χ1v) is 4.79. The predicted molar refractivity (Wildman–Crippen MR) is 54.9 cm³/mol. The fourth-order valence-electron chi connectivity index (χ4n) is 1.48. The van der Waals surface area contributed by atoms with Gasteiger partial charge in [0.1, 0.15) is 11.5 Å². The number of rotatable bonds is 1. The molecule has 0 amide bonds. The van der Waals surface area contributed by atoms with Crippen molar-refractivity contribution in [2.45, 2.75) is 6.92 Å². The highest BCUT2D eigenvalue weighted by molar-refractivity contribution is 5.67. The van der Waals surface area contributed by atoms with Gasteiger partial charge in [0.2, 0.25) is 0 Å². The zero-order valence-electron chi connectivity index (χ0n) is 9.13. The molecule has 2 aromatic rings. The summed E-state index contributed by atoms with van der Waals surface area (Å²) in [6.07, 6.45) is 0. The second-order valence-electron chi connectivity index (χ2n) is 3.65. The van der Waals surface area contributed by atoms with Crippen LogP contribution in [0.25, 0.3) is 11.3 Å². The summed E-state index contributed by atoms with van der Waals surface area (Å²) in [6, 6.07) is 1.10. The third kappa shape index (κ3) is 1.75. The molecule has 0 fully saturated rings. The number of aryl methyl sites for hydroxylation is 1. The van der Waals surface area contributed by atoms with Gasteiger partial charge in [0.25, 0.3) is 0 Å². The number of hydrogen-bond donors (Lipinski definition) is 1. The van der Waals surface area contributed by atoms with Gasteiger partial charge in [-0.25, -0.2) is 13.2 Å². The SMILES string of the molecule is Cc1c(O)c(-c2cc(F)c(F)cc2F)nn1C. The standard InChI is InChI=1S/C11H9F3N2O/c1-5-11(17)10(15-16(5)2)6-3-8(13)9(14)4-7(6)12/h3-4,17H,1-2H3. The monoisotopic (exact) mass is 242 g/mol. The van der Waals surface area contributed by atoms with Crippen molar-refractivity contribution >= 4 is 0 Å². The molecule has 1 aromatic carbocycles. The first-order valence-electron chi connectivity index (χ1n) is 4.79. The summed E-state index contributed by atoms with van der Waals surface area (Å²) in [7, 11) is 1.55. The third-order valence-electron chi connectivity index (χ3n) is 2.57. The summed E-state index contributed by atoms with van der Waals surface area (Å²) in [5.41, 5.74) is 0.0237. The van der Waals surface area contributed by atoms with Crippen molar-refractivity contribution in [2.75, 3.05) is 0 Å². The normalized spacial score (nSPS) is 10.9. The minimum Gasteiger partial charge on any atom is -0.504 e. The van der Waals surface area contributed by atoms with Crippen molar-refractivity contribution in [1.29, 1.82) is 0 Å². The van der Waals surface area contributed by atoms with E-state index in [-0.39, 0.29) is 17.0 Å². The zero-order valence-corrected chi connectivity index (χ0v) is 9.13. The van der Waals surface area contributed by atoms with Crippen LogP contribution in [-0.4, -0.2) is 14.9 Å². The van der Waals surface area contributed by atoms with Gasteiger partial charge in [0.15, 0.2) is 17.4 Å². The Hall–Kier alpha value is -1.98. The minimum absolute atomic E-state index is 0.110. The smallest absolute Gasteiger partial charge is 0.164 e. The van der Waals surface area contributed by atoms with Crippen molar-refractivity contribution in [3.05, 3.63) is 35.3 Å². The molecule has 6 heteroatoms. The van der Waals surface area contributed by atoms with Gasteiger partial charge in [-0.2, -0.15) is 5.10 Å². The number of benzene rings is 1. The van der Waals surface area contributed by atoms with Crippen LogP contribution in [0.1, 0.15) is 5.69 Å². The maximum absolute atomic E-state index is 13.5. The van der Waals surface area contributed by atoms with Gasteiger partial charge in [-0.3, -0.25) is 4.68 Å². The summed E-state index contributed by atoms with van der Waals surface area (Å²) in [5.74, 6) is -3.70. The van der Waals surface area contributed by atoms with Gasteiger partial charge in [0.05, 0.1) is 5.69 Å². The van der Waals surface area contributed by atoms with E-state index >= 15 is 0 Å². The second kappa shape index (κ2) is 3.80. The lowest BCUT2D eigenvalue weighted by molar-refractivity contribution is 0.469. The highest BCUT2D eigenvalue weighted by atomic mass is 19.2. The van der Waals surface area contributed by atoms with Crippen molar-refractivity contribution in [3.63, 3.8) is 0 Å². The molecular formula is C11H9F3N2O. The summed E-state index contributed by atoms with van der Waals surface area (Å²) in [4.78, 5) is 0. The highest BCUT2D eigenvalue weighted by Crippen LogP contribution is 2.33. The Morgan fingerprint density at radius 3 is 2.24 bits per heavy atom. The van der Waals surface area contributed by atoms with Crippen molar-refractivity contribution in [2.24, 2.45) is 7.05 Å². The molecular weight excluding hydrogens is 233 g/mol. The van der Waals surface area contributed by atoms with Crippen LogP contribution in [0.15, 0.2) is 12.1 Å². The summed E-state index contributed by atoms with van der Waals surface area (Å²) in [6.45, 7) is 1.57. The molecule has 2 rings (SSSR count). The minimum atomic E-state index is -1.28. The lowest BCUT2D eigenvalue weighted by Crippen LogP contribution is -1.94. The number of halogens is 3. The number of aromatic hydroxyl groups is 1. The quantitative estimate of drug-likeness (QED) is 0.780. The fourth-order valence-corrected chi connectivity index (χ4v) is 1.48. The molecule has 0 aliphatic carbocycles. The number of nitrogens with zero attached hydrogens (tertiary/aromatic N) is 2. The third-order valence-corrected chi connectivity index (χ3v) is 2.57. The maximum Gasteiger partial charge on any atom is 0.164 e.